The van der Waals surface area contributed by atoms with Crippen LogP contribution in [0.4, 0.5) is 5.69 Å². The highest BCUT2D eigenvalue weighted by Gasteiger charge is 2.23. The molecule has 4 rings (SSSR count). The van der Waals surface area contributed by atoms with Gasteiger partial charge in [-0.1, -0.05) is 26.0 Å². The monoisotopic (exact) mass is 475 g/mol. The van der Waals surface area contributed by atoms with Crippen LogP contribution in [0.1, 0.15) is 26.1 Å². The number of aromatic nitrogens is 3. The summed E-state index contributed by atoms with van der Waals surface area (Å²) >= 11 is 0. The van der Waals surface area contributed by atoms with Gasteiger partial charge in [0.05, 0.1) is 9.79 Å². The summed E-state index contributed by atoms with van der Waals surface area (Å²) in [4.78, 5) is 0.0348. The minimum atomic E-state index is -3.91. The van der Waals surface area contributed by atoms with Crippen molar-refractivity contribution < 1.29 is 16.8 Å². The molecule has 3 aromatic rings. The molecule has 1 N–H and O–H groups in total. The fraction of sp³-hybridized carbons (Fsp3) is 0.333. The van der Waals surface area contributed by atoms with Gasteiger partial charge in [-0.2, -0.15) is 4.31 Å². The summed E-state index contributed by atoms with van der Waals surface area (Å²) in [6, 6.07) is 12.2. The quantitative estimate of drug-likeness (QED) is 0.536. The molecule has 1 aromatic heterocycles. The van der Waals surface area contributed by atoms with E-state index in [1.807, 2.05) is 10.6 Å². The summed E-state index contributed by atoms with van der Waals surface area (Å²) < 4.78 is 57.0. The molecule has 0 amide bonds. The van der Waals surface area contributed by atoms with Gasteiger partial charge in [0.25, 0.3) is 10.0 Å². The number of nitrogens with zero attached hydrogens (tertiary/aromatic N) is 4. The van der Waals surface area contributed by atoms with Crippen molar-refractivity contribution in [3.8, 4) is 11.4 Å². The third-order valence-electron chi connectivity index (χ3n) is 5.46. The Labute approximate surface area is 188 Å². The van der Waals surface area contributed by atoms with Crippen molar-refractivity contribution in [2.75, 3.05) is 17.8 Å². The molecule has 11 heteroatoms. The summed E-state index contributed by atoms with van der Waals surface area (Å²) in [7, 11) is -7.56. The molecule has 0 saturated heterocycles. The molecule has 0 fully saturated rings. The number of nitrogens with one attached hydrogen (secondary N) is 1. The van der Waals surface area contributed by atoms with E-state index < -0.39 is 20.0 Å². The van der Waals surface area contributed by atoms with Crippen molar-refractivity contribution in [2.45, 2.75) is 43.0 Å². The number of hydrogen-bond donors (Lipinski definition) is 1. The number of benzene rings is 2. The highest BCUT2D eigenvalue weighted by molar-refractivity contribution is 7.92. The van der Waals surface area contributed by atoms with Gasteiger partial charge in [0.1, 0.15) is 5.82 Å². The standard InChI is InChI=1S/C21H25N5O4S2/c1-3-25(4-2)32(29,30)19-12-10-18(11-13-19)31(27,28)24-17-8-5-7-16(15-17)21-23-22-20-9-6-14-26(20)21/h5,7-8,10-13,15,24H,3-4,6,9,14H2,1-2H3. The summed E-state index contributed by atoms with van der Waals surface area (Å²) in [6.07, 6.45) is 1.91. The van der Waals surface area contributed by atoms with Crippen LogP contribution in [0.2, 0.25) is 0 Å². The normalized spacial score (nSPS) is 14.0. The average molecular weight is 476 g/mol. The molecule has 0 bridgehead atoms. The molecule has 1 aliphatic rings. The Hall–Kier alpha value is -2.76. The lowest BCUT2D eigenvalue weighted by Gasteiger charge is -2.18. The van der Waals surface area contributed by atoms with Crippen LogP contribution in [0.15, 0.2) is 58.3 Å². The zero-order chi connectivity index (χ0) is 22.9. The van der Waals surface area contributed by atoms with Gasteiger partial charge in [0.2, 0.25) is 10.0 Å². The minimum Gasteiger partial charge on any atom is -0.311 e. The van der Waals surface area contributed by atoms with Gasteiger partial charge in [-0.05, 0) is 42.8 Å². The van der Waals surface area contributed by atoms with Gasteiger partial charge >= 0.3 is 0 Å². The van der Waals surface area contributed by atoms with E-state index in [-0.39, 0.29) is 9.79 Å². The molecule has 0 atom stereocenters. The third kappa shape index (κ3) is 4.15. The SMILES string of the molecule is CCN(CC)S(=O)(=O)c1ccc(S(=O)(=O)Nc2cccc(-c3nnc4n3CCC4)c2)cc1. The van der Waals surface area contributed by atoms with Crippen molar-refractivity contribution in [1.29, 1.82) is 0 Å². The Balaban J connectivity index is 1.57. The maximum absolute atomic E-state index is 12.9. The molecule has 9 nitrogen and oxygen atoms in total. The Morgan fingerprint density at radius 3 is 2.34 bits per heavy atom. The molecule has 170 valence electrons. The maximum atomic E-state index is 12.9. The van der Waals surface area contributed by atoms with Gasteiger partial charge in [-0.15, -0.1) is 10.2 Å². The smallest absolute Gasteiger partial charge is 0.261 e. The van der Waals surface area contributed by atoms with Crippen molar-refractivity contribution in [2.24, 2.45) is 0 Å². The first-order valence-corrected chi connectivity index (χ1v) is 13.3. The van der Waals surface area contributed by atoms with Crippen LogP contribution in [0.3, 0.4) is 0 Å². The largest absolute Gasteiger partial charge is 0.311 e. The molecule has 1 aliphatic heterocycles. The molecule has 2 aromatic carbocycles. The van der Waals surface area contributed by atoms with Crippen molar-refractivity contribution in [1.82, 2.24) is 19.1 Å². The second kappa shape index (κ2) is 8.64. The number of hydrogen-bond acceptors (Lipinski definition) is 6. The number of aryl methyl sites for hydroxylation is 1. The number of anilines is 1. The minimum absolute atomic E-state index is 0.0234. The Kier molecular flexibility index (Phi) is 6.06. The van der Waals surface area contributed by atoms with E-state index >= 15 is 0 Å². The zero-order valence-electron chi connectivity index (χ0n) is 17.9. The summed E-state index contributed by atoms with van der Waals surface area (Å²) in [5.41, 5.74) is 1.16. The topological polar surface area (TPSA) is 114 Å². The lowest BCUT2D eigenvalue weighted by molar-refractivity contribution is 0.445. The Morgan fingerprint density at radius 1 is 0.969 bits per heavy atom. The second-order valence-corrected chi connectivity index (χ2v) is 11.1. The van der Waals surface area contributed by atoms with Crippen LogP contribution in [-0.2, 0) is 33.0 Å². The van der Waals surface area contributed by atoms with E-state index in [2.05, 4.69) is 14.9 Å². The van der Waals surface area contributed by atoms with E-state index in [4.69, 9.17) is 0 Å². The van der Waals surface area contributed by atoms with Gasteiger partial charge < -0.3 is 4.57 Å². The predicted octanol–water partition coefficient (Wildman–Crippen LogP) is 2.72. The molecule has 0 radical (unpaired) electrons. The third-order valence-corrected chi connectivity index (χ3v) is 8.92. The lowest BCUT2D eigenvalue weighted by Crippen LogP contribution is -2.30. The predicted molar refractivity (Wildman–Crippen MR) is 121 cm³/mol. The second-order valence-electron chi connectivity index (χ2n) is 7.44. The fourth-order valence-corrected chi connectivity index (χ4v) is 6.31. The van der Waals surface area contributed by atoms with Crippen molar-refractivity contribution in [3.05, 3.63) is 54.4 Å². The zero-order valence-corrected chi connectivity index (χ0v) is 19.5. The van der Waals surface area contributed by atoms with Crippen LogP contribution < -0.4 is 4.72 Å². The molecular weight excluding hydrogens is 450 g/mol. The molecule has 0 saturated carbocycles. The molecule has 32 heavy (non-hydrogen) atoms. The van der Waals surface area contributed by atoms with Crippen LogP contribution in [0.5, 0.6) is 0 Å². The Bertz CT molecular complexity index is 1330. The maximum Gasteiger partial charge on any atom is 0.261 e. The average Bonchev–Trinajstić information content (AvgIpc) is 3.38. The summed E-state index contributed by atoms with van der Waals surface area (Å²) in [6.45, 7) is 5.03. The summed E-state index contributed by atoms with van der Waals surface area (Å²) in [5.74, 6) is 1.65. The van der Waals surface area contributed by atoms with Crippen LogP contribution in [0, 0.1) is 0 Å². The number of rotatable bonds is 8. The van der Waals surface area contributed by atoms with Gasteiger partial charge in [-0.3, -0.25) is 4.72 Å². The lowest BCUT2D eigenvalue weighted by atomic mass is 10.2. The first kappa shape index (κ1) is 22.4. The fourth-order valence-electron chi connectivity index (χ4n) is 3.80. The Morgan fingerprint density at radius 2 is 1.66 bits per heavy atom. The van der Waals surface area contributed by atoms with Gasteiger partial charge in [-0.25, -0.2) is 16.8 Å². The highest BCUT2D eigenvalue weighted by atomic mass is 32.2. The molecule has 2 heterocycles. The van der Waals surface area contributed by atoms with E-state index in [1.165, 1.54) is 28.6 Å². The van der Waals surface area contributed by atoms with E-state index in [9.17, 15) is 16.8 Å². The first-order chi connectivity index (χ1) is 15.3. The van der Waals surface area contributed by atoms with Gasteiger partial charge in [0.15, 0.2) is 5.82 Å². The van der Waals surface area contributed by atoms with Crippen LogP contribution >= 0.6 is 0 Å². The molecule has 0 aliphatic carbocycles. The molecular formula is C21H25N5O4S2. The van der Waals surface area contributed by atoms with Crippen LogP contribution in [0.25, 0.3) is 11.4 Å². The van der Waals surface area contributed by atoms with Crippen molar-refractivity contribution in [3.63, 3.8) is 0 Å². The van der Waals surface area contributed by atoms with Crippen LogP contribution in [-0.4, -0.2) is 49.0 Å². The highest BCUT2D eigenvalue weighted by Crippen LogP contribution is 2.27. The first-order valence-electron chi connectivity index (χ1n) is 10.4. The van der Waals surface area contributed by atoms with Gasteiger partial charge in [0, 0.05) is 37.3 Å². The van der Waals surface area contributed by atoms with Crippen molar-refractivity contribution >= 4 is 25.7 Å². The molecule has 0 unspecified atom stereocenters. The van der Waals surface area contributed by atoms with E-state index in [0.29, 0.717) is 24.6 Å². The summed E-state index contributed by atoms with van der Waals surface area (Å²) in [5, 5.41) is 8.44. The van der Waals surface area contributed by atoms with E-state index in [0.717, 1.165) is 30.8 Å². The number of fused-ring (bicyclic) bond motifs is 1. The molecule has 0 spiro atoms. The van der Waals surface area contributed by atoms with E-state index in [1.54, 1.807) is 32.0 Å². The number of sulfonamides is 2.